The highest BCUT2D eigenvalue weighted by molar-refractivity contribution is 5.26. The lowest BCUT2D eigenvalue weighted by atomic mass is 10.0. The summed E-state index contributed by atoms with van der Waals surface area (Å²) in [7, 11) is 1.80. The molecular weight excluding hydrogens is 226 g/mol. The minimum Gasteiger partial charge on any atom is -0.508 e. The summed E-state index contributed by atoms with van der Waals surface area (Å²) in [6.07, 6.45) is 3.81. The molecule has 1 fully saturated rings. The van der Waals surface area contributed by atoms with Gasteiger partial charge in [0.2, 0.25) is 0 Å². The molecular formula is C15H23NO2. The molecule has 1 aliphatic heterocycles. The fourth-order valence-electron chi connectivity index (χ4n) is 2.66. The average Bonchev–Trinajstić information content (AvgIpc) is 2.41. The third-order valence-corrected chi connectivity index (χ3v) is 3.83. The summed E-state index contributed by atoms with van der Waals surface area (Å²) in [5, 5.41) is 9.28. The molecule has 1 heterocycles. The molecule has 1 saturated heterocycles. The number of hydrogen-bond acceptors (Lipinski definition) is 3. The third kappa shape index (κ3) is 3.47. The molecule has 18 heavy (non-hydrogen) atoms. The van der Waals surface area contributed by atoms with Gasteiger partial charge in [-0.2, -0.15) is 0 Å². The van der Waals surface area contributed by atoms with Gasteiger partial charge in [0.1, 0.15) is 5.75 Å². The van der Waals surface area contributed by atoms with E-state index in [1.54, 1.807) is 19.2 Å². The van der Waals surface area contributed by atoms with Crippen molar-refractivity contribution < 1.29 is 9.84 Å². The van der Waals surface area contributed by atoms with E-state index in [1.807, 2.05) is 12.1 Å². The maximum atomic E-state index is 9.28. The van der Waals surface area contributed by atoms with Gasteiger partial charge in [0.15, 0.2) is 0 Å². The summed E-state index contributed by atoms with van der Waals surface area (Å²) >= 11 is 0. The van der Waals surface area contributed by atoms with Gasteiger partial charge in [0.25, 0.3) is 0 Å². The lowest BCUT2D eigenvalue weighted by Gasteiger charge is -2.36. The van der Waals surface area contributed by atoms with Crippen LogP contribution < -0.4 is 0 Å². The number of rotatable bonds is 4. The molecule has 0 aliphatic carbocycles. The summed E-state index contributed by atoms with van der Waals surface area (Å²) in [6.45, 7) is 4.47. The highest BCUT2D eigenvalue weighted by Gasteiger charge is 2.23. The van der Waals surface area contributed by atoms with Crippen LogP contribution in [0, 0.1) is 0 Å². The normalized spacial score (nSPS) is 22.9. The van der Waals surface area contributed by atoms with Crippen LogP contribution in [0.4, 0.5) is 0 Å². The first-order chi connectivity index (χ1) is 8.69. The molecule has 2 unspecified atom stereocenters. The van der Waals surface area contributed by atoms with E-state index in [0.717, 1.165) is 13.0 Å². The van der Waals surface area contributed by atoms with Crippen LogP contribution in [0.25, 0.3) is 0 Å². The molecule has 0 aromatic heterocycles. The first-order valence-corrected chi connectivity index (χ1v) is 6.74. The van der Waals surface area contributed by atoms with Gasteiger partial charge in [-0.15, -0.1) is 0 Å². The zero-order chi connectivity index (χ0) is 13.0. The van der Waals surface area contributed by atoms with Gasteiger partial charge >= 0.3 is 0 Å². The van der Waals surface area contributed by atoms with Gasteiger partial charge in [-0.1, -0.05) is 12.1 Å². The van der Waals surface area contributed by atoms with Gasteiger partial charge in [-0.3, -0.25) is 4.90 Å². The second kappa shape index (κ2) is 6.21. The lowest BCUT2D eigenvalue weighted by Crippen LogP contribution is -2.44. The van der Waals surface area contributed by atoms with Crippen LogP contribution in [0.5, 0.6) is 5.75 Å². The zero-order valence-electron chi connectivity index (χ0n) is 11.3. The van der Waals surface area contributed by atoms with Crippen LogP contribution >= 0.6 is 0 Å². The predicted octanol–water partition coefficient (Wildman–Crippen LogP) is 2.43. The molecule has 0 bridgehead atoms. The largest absolute Gasteiger partial charge is 0.508 e. The van der Waals surface area contributed by atoms with Crippen molar-refractivity contribution in [2.24, 2.45) is 0 Å². The molecule has 1 aliphatic rings. The second-order valence-electron chi connectivity index (χ2n) is 5.21. The summed E-state index contributed by atoms with van der Waals surface area (Å²) in [5.74, 6) is 0.337. The average molecular weight is 249 g/mol. The molecule has 1 aromatic rings. The van der Waals surface area contributed by atoms with Crippen molar-refractivity contribution in [1.82, 2.24) is 4.90 Å². The first kappa shape index (κ1) is 13.4. The van der Waals surface area contributed by atoms with E-state index in [4.69, 9.17) is 4.74 Å². The smallest absolute Gasteiger partial charge is 0.115 e. The minimum atomic E-state index is 0.337. The standard InChI is InChI=1S/C15H23NO2/c1-12(10-13-5-7-14(17)8-6-13)16-9-3-4-15(11-16)18-2/h5-8,12,15,17H,3-4,9-11H2,1-2H3. The van der Waals surface area contributed by atoms with Crippen molar-refractivity contribution in [3.8, 4) is 5.75 Å². The monoisotopic (exact) mass is 249 g/mol. The number of ether oxygens (including phenoxy) is 1. The Morgan fingerprint density at radius 2 is 2.11 bits per heavy atom. The SMILES string of the molecule is COC1CCCN(C(C)Cc2ccc(O)cc2)C1. The number of hydrogen-bond donors (Lipinski definition) is 1. The van der Waals surface area contributed by atoms with Gasteiger partial charge in [-0.25, -0.2) is 0 Å². The van der Waals surface area contributed by atoms with Gasteiger partial charge in [0, 0.05) is 19.7 Å². The van der Waals surface area contributed by atoms with E-state index >= 15 is 0 Å². The van der Waals surface area contributed by atoms with Crippen LogP contribution in [0.15, 0.2) is 24.3 Å². The number of likely N-dealkylation sites (tertiary alicyclic amines) is 1. The van der Waals surface area contributed by atoms with E-state index in [1.165, 1.54) is 24.9 Å². The summed E-state index contributed by atoms with van der Waals surface area (Å²) in [6, 6.07) is 8.05. The molecule has 0 amide bonds. The number of methoxy groups -OCH3 is 1. The van der Waals surface area contributed by atoms with Crippen molar-refractivity contribution in [3.05, 3.63) is 29.8 Å². The highest BCUT2D eigenvalue weighted by atomic mass is 16.5. The van der Waals surface area contributed by atoms with Crippen molar-refractivity contribution in [3.63, 3.8) is 0 Å². The van der Waals surface area contributed by atoms with E-state index < -0.39 is 0 Å². The Bertz CT molecular complexity index is 363. The Labute approximate surface area is 109 Å². The van der Waals surface area contributed by atoms with Crippen LogP contribution in [-0.4, -0.2) is 42.4 Å². The number of phenols is 1. The molecule has 0 saturated carbocycles. The second-order valence-corrected chi connectivity index (χ2v) is 5.21. The Hall–Kier alpha value is -1.06. The molecule has 3 heteroatoms. The molecule has 100 valence electrons. The number of piperidine rings is 1. The Morgan fingerprint density at radius 1 is 1.39 bits per heavy atom. The van der Waals surface area contributed by atoms with Crippen LogP contribution in [-0.2, 0) is 11.2 Å². The number of nitrogens with zero attached hydrogens (tertiary/aromatic N) is 1. The molecule has 2 atom stereocenters. The minimum absolute atomic E-state index is 0.337. The van der Waals surface area contributed by atoms with Crippen LogP contribution in [0.2, 0.25) is 0 Å². The fraction of sp³-hybridized carbons (Fsp3) is 0.600. The third-order valence-electron chi connectivity index (χ3n) is 3.83. The molecule has 0 spiro atoms. The van der Waals surface area contributed by atoms with Crippen molar-refractivity contribution in [2.45, 2.75) is 38.3 Å². The zero-order valence-corrected chi connectivity index (χ0v) is 11.3. The lowest BCUT2D eigenvalue weighted by molar-refractivity contribution is 0.0175. The van der Waals surface area contributed by atoms with Crippen LogP contribution in [0.1, 0.15) is 25.3 Å². The van der Waals surface area contributed by atoms with Crippen LogP contribution in [0.3, 0.4) is 0 Å². The maximum Gasteiger partial charge on any atom is 0.115 e. The Balaban J connectivity index is 1.90. The quantitative estimate of drug-likeness (QED) is 0.889. The maximum absolute atomic E-state index is 9.28. The molecule has 0 radical (unpaired) electrons. The number of phenolic OH excluding ortho intramolecular Hbond substituents is 1. The number of aromatic hydroxyl groups is 1. The first-order valence-electron chi connectivity index (χ1n) is 6.74. The molecule has 1 aromatic carbocycles. The van der Waals surface area contributed by atoms with Crippen molar-refractivity contribution in [2.75, 3.05) is 20.2 Å². The van der Waals surface area contributed by atoms with E-state index in [0.29, 0.717) is 17.9 Å². The highest BCUT2D eigenvalue weighted by Crippen LogP contribution is 2.18. The topological polar surface area (TPSA) is 32.7 Å². The molecule has 2 rings (SSSR count). The van der Waals surface area contributed by atoms with E-state index in [-0.39, 0.29) is 0 Å². The summed E-state index contributed by atoms with van der Waals surface area (Å²) in [5.41, 5.74) is 1.28. The fourth-order valence-corrected chi connectivity index (χ4v) is 2.66. The summed E-state index contributed by atoms with van der Waals surface area (Å²) < 4.78 is 5.46. The number of benzene rings is 1. The predicted molar refractivity (Wildman–Crippen MR) is 72.9 cm³/mol. The van der Waals surface area contributed by atoms with Crippen molar-refractivity contribution in [1.29, 1.82) is 0 Å². The van der Waals surface area contributed by atoms with E-state index in [9.17, 15) is 5.11 Å². The Kier molecular flexibility index (Phi) is 4.61. The van der Waals surface area contributed by atoms with Gasteiger partial charge < -0.3 is 9.84 Å². The van der Waals surface area contributed by atoms with Gasteiger partial charge in [0.05, 0.1) is 6.10 Å². The molecule has 3 nitrogen and oxygen atoms in total. The molecule has 1 N–H and O–H groups in total. The summed E-state index contributed by atoms with van der Waals surface area (Å²) in [4.78, 5) is 2.50. The van der Waals surface area contributed by atoms with E-state index in [2.05, 4.69) is 11.8 Å². The Morgan fingerprint density at radius 3 is 2.78 bits per heavy atom. The van der Waals surface area contributed by atoms with Gasteiger partial charge in [-0.05, 0) is 50.4 Å². The van der Waals surface area contributed by atoms with Crippen molar-refractivity contribution >= 4 is 0 Å².